The molecule has 2 heterocycles. The van der Waals surface area contributed by atoms with Gasteiger partial charge < -0.3 is 19.4 Å². The molecule has 1 aromatic carbocycles. The molecule has 10 heteroatoms. The lowest BCUT2D eigenvalue weighted by molar-refractivity contribution is -0.182. The van der Waals surface area contributed by atoms with Crippen LogP contribution in [0.5, 0.6) is 0 Å². The highest BCUT2D eigenvalue weighted by molar-refractivity contribution is 7.98. The maximum atomic E-state index is 13.3. The van der Waals surface area contributed by atoms with E-state index >= 15 is 0 Å². The molecule has 0 radical (unpaired) electrons. The highest BCUT2D eigenvalue weighted by atomic mass is 32.2. The van der Waals surface area contributed by atoms with Crippen LogP contribution in [0.1, 0.15) is 25.3 Å². The van der Waals surface area contributed by atoms with E-state index < -0.39 is 18.7 Å². The van der Waals surface area contributed by atoms with Gasteiger partial charge in [-0.15, -0.1) is 11.8 Å². The first kappa shape index (κ1) is 23.4. The largest absolute Gasteiger partial charge is 0.465 e. The molecule has 3 aromatic rings. The molecule has 0 atom stereocenters. The van der Waals surface area contributed by atoms with Crippen molar-refractivity contribution in [2.24, 2.45) is 0 Å². The van der Waals surface area contributed by atoms with E-state index in [1.54, 1.807) is 29.7 Å². The molecular weight excluding hydrogens is 452 g/mol. The number of nitrogens with zero attached hydrogens (tertiary/aromatic N) is 2. The minimum Gasteiger partial charge on any atom is -0.465 e. The number of benzene rings is 1. The van der Waals surface area contributed by atoms with Crippen molar-refractivity contribution >= 4 is 45.5 Å². The Bertz CT molecular complexity index is 1260. The van der Waals surface area contributed by atoms with Crippen LogP contribution in [-0.2, 0) is 20.8 Å². The number of esters is 1. The summed E-state index contributed by atoms with van der Waals surface area (Å²) in [4.78, 5) is 31.3. The molecule has 2 aromatic heterocycles. The maximum absolute atomic E-state index is 13.3. The first-order valence-electron chi connectivity index (χ1n) is 10.7. The van der Waals surface area contributed by atoms with Crippen LogP contribution in [0, 0.1) is 6.92 Å². The molecule has 1 saturated carbocycles. The van der Waals surface area contributed by atoms with E-state index in [0.717, 1.165) is 10.5 Å². The van der Waals surface area contributed by atoms with Gasteiger partial charge in [-0.1, -0.05) is 6.07 Å². The molecule has 4 rings (SSSR count). The number of anilines is 1. The number of aromatic nitrogens is 2. The molecule has 1 aliphatic carbocycles. The number of hydrogen-bond acceptors (Lipinski definition) is 7. The molecule has 7 nitrogen and oxygen atoms in total. The summed E-state index contributed by atoms with van der Waals surface area (Å²) >= 11 is 1.50. The second-order valence-corrected chi connectivity index (χ2v) is 8.75. The summed E-state index contributed by atoms with van der Waals surface area (Å²) in [5.41, 5.74) is 1.83. The predicted molar refractivity (Wildman–Crippen MR) is 124 cm³/mol. The van der Waals surface area contributed by atoms with Crippen molar-refractivity contribution in [3.8, 4) is 0 Å². The number of hydrogen-bond donors (Lipinski definition) is 1. The smallest absolute Gasteiger partial charge is 0.345 e. The van der Waals surface area contributed by atoms with Gasteiger partial charge in [0.2, 0.25) is 0 Å². The summed E-state index contributed by atoms with van der Waals surface area (Å²) in [5, 5.41) is 4.11. The van der Waals surface area contributed by atoms with Crippen molar-refractivity contribution in [3.63, 3.8) is 0 Å². The number of aryl methyl sites for hydroxylation is 1. The third-order valence-electron chi connectivity index (χ3n) is 5.76. The summed E-state index contributed by atoms with van der Waals surface area (Å²) in [6.07, 6.45) is 2.31. The summed E-state index contributed by atoms with van der Waals surface area (Å²) in [5.74, 6) is 0.0705. The lowest BCUT2D eigenvalue weighted by atomic mass is 9.89. The summed E-state index contributed by atoms with van der Waals surface area (Å²) in [6.45, 7) is 1.06. The number of pyridine rings is 2. The van der Waals surface area contributed by atoms with Crippen molar-refractivity contribution in [3.05, 3.63) is 40.1 Å². The zero-order valence-corrected chi connectivity index (χ0v) is 19.4. The molecule has 33 heavy (non-hydrogen) atoms. The summed E-state index contributed by atoms with van der Waals surface area (Å²) < 4.78 is 36.2. The Hall–Kier alpha value is -2.72. The number of carbonyl (C=O) groups is 1. The molecular formula is C23H25F2N3O4S. The monoisotopic (exact) mass is 477 g/mol. The first-order valence-corrected chi connectivity index (χ1v) is 11.9. The first-order chi connectivity index (χ1) is 15.8. The molecule has 0 saturated heterocycles. The third-order valence-corrected chi connectivity index (χ3v) is 6.68. The fourth-order valence-corrected chi connectivity index (χ4v) is 4.99. The topological polar surface area (TPSA) is 82.5 Å². The zero-order valence-electron chi connectivity index (χ0n) is 18.6. The van der Waals surface area contributed by atoms with E-state index in [4.69, 9.17) is 4.74 Å². The van der Waals surface area contributed by atoms with Gasteiger partial charge in [-0.3, -0.25) is 9.59 Å². The van der Waals surface area contributed by atoms with Crippen LogP contribution in [0.15, 0.2) is 34.0 Å². The molecule has 1 aliphatic rings. The average Bonchev–Trinajstić information content (AvgIpc) is 2.74. The van der Waals surface area contributed by atoms with Gasteiger partial charge in [0.1, 0.15) is 18.0 Å². The molecule has 0 unspecified atom stereocenters. The number of alkyl halides is 2. The Kier molecular flexibility index (Phi) is 6.85. The molecule has 176 valence electrons. The van der Waals surface area contributed by atoms with E-state index in [0.29, 0.717) is 40.6 Å². The second-order valence-electron chi connectivity index (χ2n) is 7.93. The fraction of sp³-hybridized carbons (Fsp3) is 0.435. The Morgan fingerprint density at radius 2 is 2.00 bits per heavy atom. The Balaban J connectivity index is 1.81. The van der Waals surface area contributed by atoms with Crippen molar-refractivity contribution in [1.29, 1.82) is 0 Å². The van der Waals surface area contributed by atoms with Gasteiger partial charge >= 0.3 is 12.6 Å². The van der Waals surface area contributed by atoms with E-state index in [2.05, 4.69) is 15.0 Å². The predicted octanol–water partition coefficient (Wildman–Crippen LogP) is 4.33. The maximum Gasteiger partial charge on any atom is 0.345 e. The van der Waals surface area contributed by atoms with Crippen LogP contribution in [0.2, 0.25) is 0 Å². The Labute approximate surface area is 193 Å². The van der Waals surface area contributed by atoms with Gasteiger partial charge in [-0.2, -0.15) is 8.78 Å². The molecule has 0 aliphatic heterocycles. The lowest BCUT2D eigenvalue weighted by Crippen LogP contribution is -2.41. The van der Waals surface area contributed by atoms with E-state index in [1.165, 1.54) is 11.8 Å². The van der Waals surface area contributed by atoms with Gasteiger partial charge in [-0.05, 0) is 56.7 Å². The van der Waals surface area contributed by atoms with Crippen LogP contribution >= 0.6 is 11.8 Å². The van der Waals surface area contributed by atoms with Crippen molar-refractivity contribution in [2.75, 3.05) is 18.2 Å². The minimum absolute atomic E-state index is 0.0617. The van der Waals surface area contributed by atoms with E-state index in [1.807, 2.05) is 19.2 Å². The minimum atomic E-state index is -2.78. The second kappa shape index (κ2) is 9.64. The van der Waals surface area contributed by atoms with Gasteiger partial charge in [0.05, 0.1) is 23.6 Å². The third kappa shape index (κ3) is 4.67. The lowest BCUT2D eigenvalue weighted by Gasteiger charge is -2.35. The standard InChI is InChI=1S/C23H25F2N3O4S/c1-4-31-18(29)11-28-19-15(6-5-12(2)21(19)33-3)20(30)16-7-8-17(27-22(16)28)26-13-9-14(10-13)32-23(24)25/h5-8,13-14,23H,4,9-11H2,1-3H3,(H,26,27). The van der Waals surface area contributed by atoms with Crippen molar-refractivity contribution in [2.45, 2.75) is 56.9 Å². The highest BCUT2D eigenvalue weighted by Crippen LogP contribution is 2.32. The average molecular weight is 478 g/mol. The molecule has 0 bridgehead atoms. The number of carbonyl (C=O) groups excluding carboxylic acids is 1. The molecule has 0 amide bonds. The Morgan fingerprint density at radius 1 is 1.27 bits per heavy atom. The quantitative estimate of drug-likeness (QED) is 0.294. The normalized spacial score (nSPS) is 18.0. The number of ether oxygens (including phenoxy) is 2. The Morgan fingerprint density at radius 3 is 2.67 bits per heavy atom. The van der Waals surface area contributed by atoms with Crippen LogP contribution < -0.4 is 10.7 Å². The fourth-order valence-electron chi connectivity index (χ4n) is 4.18. The van der Waals surface area contributed by atoms with Gasteiger partial charge in [0.25, 0.3) is 0 Å². The van der Waals surface area contributed by atoms with E-state index in [9.17, 15) is 18.4 Å². The molecule has 1 fully saturated rings. The summed E-state index contributed by atoms with van der Waals surface area (Å²) in [6, 6.07) is 6.98. The number of fused-ring (bicyclic) bond motifs is 2. The van der Waals surface area contributed by atoms with Gasteiger partial charge in [0, 0.05) is 16.3 Å². The number of nitrogens with one attached hydrogen (secondary N) is 1. The number of rotatable bonds is 8. The van der Waals surface area contributed by atoms with Crippen LogP contribution in [0.4, 0.5) is 14.6 Å². The molecule has 1 N–H and O–H groups in total. The van der Waals surface area contributed by atoms with Crippen molar-refractivity contribution in [1.82, 2.24) is 9.55 Å². The summed E-state index contributed by atoms with van der Waals surface area (Å²) in [7, 11) is 0. The van der Waals surface area contributed by atoms with Crippen LogP contribution in [0.25, 0.3) is 21.9 Å². The number of thioether (sulfide) groups is 1. The van der Waals surface area contributed by atoms with Crippen molar-refractivity contribution < 1.29 is 23.0 Å². The van der Waals surface area contributed by atoms with E-state index in [-0.39, 0.29) is 24.6 Å². The van der Waals surface area contributed by atoms with Gasteiger partial charge in [0.15, 0.2) is 5.43 Å². The highest BCUT2D eigenvalue weighted by Gasteiger charge is 2.32. The van der Waals surface area contributed by atoms with Crippen LogP contribution in [-0.4, -0.2) is 47.1 Å². The van der Waals surface area contributed by atoms with Gasteiger partial charge in [-0.25, -0.2) is 4.98 Å². The zero-order chi connectivity index (χ0) is 23.7. The molecule has 0 spiro atoms. The number of halogens is 2. The van der Waals surface area contributed by atoms with Crippen LogP contribution in [0.3, 0.4) is 0 Å². The SMILES string of the molecule is CCOC(=O)Cn1c2nc(NC3CC(OC(F)F)C3)ccc2c(=O)c2ccc(C)c(SC)c21.